The molecule has 0 radical (unpaired) electrons. The summed E-state index contributed by atoms with van der Waals surface area (Å²) in [6, 6.07) is 4.42. The second-order valence-electron chi connectivity index (χ2n) is 4.23. The van der Waals surface area contributed by atoms with Crippen molar-refractivity contribution >= 4 is 41.9 Å². The van der Waals surface area contributed by atoms with E-state index in [9.17, 15) is 13.5 Å². The second kappa shape index (κ2) is 6.47. The molecule has 1 aromatic rings. The summed E-state index contributed by atoms with van der Waals surface area (Å²) in [5.41, 5.74) is 0. The molecule has 0 bridgehead atoms. The molecule has 102 valence electrons. The highest BCUT2D eigenvalue weighted by Crippen LogP contribution is 2.26. The molecule has 0 saturated carbocycles. The fourth-order valence-electron chi connectivity index (χ4n) is 1.33. The molecule has 0 aliphatic carbocycles. The van der Waals surface area contributed by atoms with Crippen LogP contribution in [0.3, 0.4) is 0 Å². The van der Waals surface area contributed by atoms with E-state index in [1.807, 2.05) is 13.8 Å². The molecular formula is C11H15Br2NO3S. The van der Waals surface area contributed by atoms with Gasteiger partial charge in [-0.3, -0.25) is 0 Å². The number of aliphatic hydroxyl groups excluding tert-OH is 1. The molecule has 1 atom stereocenters. The number of nitrogens with one attached hydrogen (secondary N) is 1. The van der Waals surface area contributed by atoms with Crippen molar-refractivity contribution in [3.05, 3.63) is 27.1 Å². The molecule has 0 aliphatic heterocycles. The zero-order chi connectivity index (χ0) is 13.9. The van der Waals surface area contributed by atoms with Gasteiger partial charge in [0.2, 0.25) is 10.0 Å². The Morgan fingerprint density at radius 1 is 1.33 bits per heavy atom. The average Bonchev–Trinajstić information content (AvgIpc) is 2.28. The number of hydrogen-bond donors (Lipinski definition) is 2. The van der Waals surface area contributed by atoms with Gasteiger partial charge in [-0.2, -0.15) is 0 Å². The SMILES string of the molecule is CC(C)[C@@H](CO)NS(=O)(=O)c1cc(Br)ccc1Br. The highest BCUT2D eigenvalue weighted by Gasteiger charge is 2.23. The van der Waals surface area contributed by atoms with Gasteiger partial charge < -0.3 is 5.11 Å². The number of hydrogen-bond acceptors (Lipinski definition) is 3. The highest BCUT2D eigenvalue weighted by atomic mass is 79.9. The largest absolute Gasteiger partial charge is 0.395 e. The van der Waals surface area contributed by atoms with E-state index in [4.69, 9.17) is 0 Å². The van der Waals surface area contributed by atoms with Gasteiger partial charge >= 0.3 is 0 Å². The number of rotatable bonds is 5. The molecule has 1 rings (SSSR count). The van der Waals surface area contributed by atoms with Gasteiger partial charge in [-0.1, -0.05) is 29.8 Å². The summed E-state index contributed by atoms with van der Waals surface area (Å²) in [4.78, 5) is 0.149. The summed E-state index contributed by atoms with van der Waals surface area (Å²) in [6.45, 7) is 3.46. The summed E-state index contributed by atoms with van der Waals surface area (Å²) in [5.74, 6) is 0.00991. The third kappa shape index (κ3) is 4.03. The Kier molecular flexibility index (Phi) is 5.79. The lowest BCUT2D eigenvalue weighted by Crippen LogP contribution is -2.41. The molecular weight excluding hydrogens is 386 g/mol. The fourth-order valence-corrected chi connectivity index (χ4v) is 4.21. The van der Waals surface area contributed by atoms with E-state index in [2.05, 4.69) is 36.6 Å². The molecule has 7 heteroatoms. The highest BCUT2D eigenvalue weighted by molar-refractivity contribution is 9.11. The maximum Gasteiger partial charge on any atom is 0.242 e. The van der Waals surface area contributed by atoms with Gasteiger partial charge in [-0.25, -0.2) is 13.1 Å². The third-order valence-electron chi connectivity index (χ3n) is 2.49. The molecule has 0 fully saturated rings. The first-order valence-corrected chi connectivity index (χ1v) is 8.43. The van der Waals surface area contributed by atoms with Crippen molar-refractivity contribution in [3.8, 4) is 0 Å². The van der Waals surface area contributed by atoms with Crippen molar-refractivity contribution in [2.45, 2.75) is 24.8 Å². The Morgan fingerprint density at radius 2 is 1.94 bits per heavy atom. The number of halogens is 2. The topological polar surface area (TPSA) is 66.4 Å². The van der Waals surface area contributed by atoms with E-state index in [0.29, 0.717) is 8.95 Å². The molecule has 18 heavy (non-hydrogen) atoms. The van der Waals surface area contributed by atoms with Crippen molar-refractivity contribution in [2.75, 3.05) is 6.61 Å². The Bertz CT molecular complexity index is 517. The molecule has 0 spiro atoms. The van der Waals surface area contributed by atoms with E-state index in [0.717, 1.165) is 0 Å². The van der Waals surface area contributed by atoms with Crippen LogP contribution in [0.25, 0.3) is 0 Å². The van der Waals surface area contributed by atoms with Gasteiger partial charge in [-0.15, -0.1) is 0 Å². The van der Waals surface area contributed by atoms with Crippen LogP contribution in [0.15, 0.2) is 32.0 Å². The summed E-state index contributed by atoms with van der Waals surface area (Å²) >= 11 is 6.45. The number of sulfonamides is 1. The second-order valence-corrected chi connectivity index (χ2v) is 7.68. The van der Waals surface area contributed by atoms with Crippen LogP contribution in [0.2, 0.25) is 0 Å². The van der Waals surface area contributed by atoms with Crippen molar-refractivity contribution in [1.82, 2.24) is 4.72 Å². The molecule has 0 saturated heterocycles. The van der Waals surface area contributed by atoms with Gasteiger partial charge in [0, 0.05) is 15.0 Å². The van der Waals surface area contributed by atoms with Gasteiger partial charge in [0.25, 0.3) is 0 Å². The van der Waals surface area contributed by atoms with Gasteiger partial charge in [0.1, 0.15) is 0 Å². The molecule has 0 aliphatic rings. The van der Waals surface area contributed by atoms with Crippen molar-refractivity contribution in [3.63, 3.8) is 0 Å². The van der Waals surface area contributed by atoms with E-state index < -0.39 is 16.1 Å². The number of benzene rings is 1. The van der Waals surface area contributed by atoms with Crippen LogP contribution in [-0.2, 0) is 10.0 Å². The Balaban J connectivity index is 3.10. The van der Waals surface area contributed by atoms with Gasteiger partial charge in [0.15, 0.2) is 0 Å². The lowest BCUT2D eigenvalue weighted by atomic mass is 10.1. The lowest BCUT2D eigenvalue weighted by Gasteiger charge is -2.20. The van der Waals surface area contributed by atoms with Crippen molar-refractivity contribution in [2.24, 2.45) is 5.92 Å². The lowest BCUT2D eigenvalue weighted by molar-refractivity contribution is 0.227. The zero-order valence-electron chi connectivity index (χ0n) is 10.0. The average molecular weight is 401 g/mol. The standard InChI is InChI=1S/C11H15Br2NO3S/c1-7(2)10(6-15)14-18(16,17)11-5-8(12)3-4-9(11)13/h3-5,7,10,14-15H,6H2,1-2H3/t10-/m1/s1. The summed E-state index contributed by atoms with van der Waals surface area (Å²) in [6.07, 6.45) is 0. The van der Waals surface area contributed by atoms with Crippen LogP contribution in [0, 0.1) is 5.92 Å². The molecule has 1 aromatic carbocycles. The third-order valence-corrected chi connectivity index (χ3v) is 5.47. The Morgan fingerprint density at radius 3 is 2.44 bits per heavy atom. The first kappa shape index (κ1) is 16.1. The quantitative estimate of drug-likeness (QED) is 0.797. The van der Waals surface area contributed by atoms with Crippen LogP contribution in [0.5, 0.6) is 0 Å². The summed E-state index contributed by atoms with van der Waals surface area (Å²) in [7, 11) is -3.66. The van der Waals surface area contributed by atoms with Gasteiger partial charge in [-0.05, 0) is 40.0 Å². The summed E-state index contributed by atoms with van der Waals surface area (Å²) < 4.78 is 28.1. The Labute approximate surface area is 124 Å². The maximum atomic E-state index is 12.2. The molecule has 0 amide bonds. The van der Waals surface area contributed by atoms with E-state index in [-0.39, 0.29) is 17.4 Å². The molecule has 0 heterocycles. The fraction of sp³-hybridized carbons (Fsp3) is 0.455. The van der Waals surface area contributed by atoms with E-state index in [1.165, 1.54) is 6.07 Å². The van der Waals surface area contributed by atoms with Crippen molar-refractivity contribution < 1.29 is 13.5 Å². The maximum absolute atomic E-state index is 12.2. The van der Waals surface area contributed by atoms with Crippen LogP contribution >= 0.6 is 31.9 Å². The smallest absolute Gasteiger partial charge is 0.242 e. The molecule has 2 N–H and O–H groups in total. The molecule has 4 nitrogen and oxygen atoms in total. The Hall–Kier alpha value is 0.0500. The summed E-state index contributed by atoms with van der Waals surface area (Å²) in [5, 5.41) is 9.18. The molecule has 0 unspecified atom stereocenters. The van der Waals surface area contributed by atoms with Crippen LogP contribution in [0.4, 0.5) is 0 Å². The molecule has 0 aromatic heterocycles. The number of aliphatic hydroxyl groups is 1. The first-order valence-electron chi connectivity index (χ1n) is 5.36. The zero-order valence-corrected chi connectivity index (χ0v) is 14.0. The minimum absolute atomic E-state index is 0.00991. The van der Waals surface area contributed by atoms with E-state index in [1.54, 1.807) is 12.1 Å². The first-order chi connectivity index (χ1) is 8.27. The van der Waals surface area contributed by atoms with Crippen LogP contribution in [-0.4, -0.2) is 26.2 Å². The van der Waals surface area contributed by atoms with Crippen LogP contribution < -0.4 is 4.72 Å². The van der Waals surface area contributed by atoms with Crippen LogP contribution in [0.1, 0.15) is 13.8 Å². The minimum atomic E-state index is -3.66. The van der Waals surface area contributed by atoms with E-state index >= 15 is 0 Å². The minimum Gasteiger partial charge on any atom is -0.395 e. The van der Waals surface area contributed by atoms with Gasteiger partial charge in [0.05, 0.1) is 11.5 Å². The normalized spacial score (nSPS) is 13.9. The predicted octanol–water partition coefficient (Wildman–Crippen LogP) is 2.51. The van der Waals surface area contributed by atoms with Crippen molar-refractivity contribution in [1.29, 1.82) is 0 Å². The monoisotopic (exact) mass is 399 g/mol. The predicted molar refractivity (Wildman–Crippen MR) is 77.9 cm³/mol.